The van der Waals surface area contributed by atoms with Crippen LogP contribution in [0.5, 0.6) is 5.75 Å². The third-order valence-corrected chi connectivity index (χ3v) is 3.87. The summed E-state index contributed by atoms with van der Waals surface area (Å²) < 4.78 is 5.15. The minimum Gasteiger partial charge on any atom is -0.497 e. The van der Waals surface area contributed by atoms with Crippen LogP contribution in [0.15, 0.2) is 42.5 Å². The molecule has 22 heavy (non-hydrogen) atoms. The summed E-state index contributed by atoms with van der Waals surface area (Å²) in [6.45, 7) is 1.76. The fourth-order valence-corrected chi connectivity index (χ4v) is 2.22. The Kier molecular flexibility index (Phi) is 5.52. The molecule has 4 nitrogen and oxygen atoms in total. The van der Waals surface area contributed by atoms with Crippen molar-refractivity contribution in [2.75, 3.05) is 17.7 Å². The van der Waals surface area contributed by atoms with Crippen LogP contribution in [0.1, 0.15) is 6.92 Å². The van der Waals surface area contributed by atoms with Crippen LogP contribution in [0.4, 0.5) is 11.4 Å². The first kappa shape index (κ1) is 16.5. The summed E-state index contributed by atoms with van der Waals surface area (Å²) in [4.78, 5) is 12.2. The zero-order valence-electron chi connectivity index (χ0n) is 12.2. The van der Waals surface area contributed by atoms with Crippen molar-refractivity contribution in [1.82, 2.24) is 0 Å². The number of nitrogens with one attached hydrogen (secondary N) is 2. The second kappa shape index (κ2) is 7.38. The molecular weight excluding hydrogens is 323 g/mol. The summed E-state index contributed by atoms with van der Waals surface area (Å²) in [6.07, 6.45) is 0. The third-order valence-electron chi connectivity index (χ3n) is 3.06. The Morgan fingerprint density at radius 1 is 1.18 bits per heavy atom. The average Bonchev–Trinajstić information content (AvgIpc) is 2.52. The van der Waals surface area contributed by atoms with Crippen LogP contribution in [0.25, 0.3) is 0 Å². The number of ether oxygens (including phenoxy) is 1. The van der Waals surface area contributed by atoms with E-state index >= 15 is 0 Å². The van der Waals surface area contributed by atoms with Gasteiger partial charge in [0.2, 0.25) is 5.91 Å². The predicted octanol–water partition coefficient (Wildman–Crippen LogP) is 4.44. The van der Waals surface area contributed by atoms with Crippen molar-refractivity contribution in [3.8, 4) is 5.75 Å². The molecule has 0 aliphatic rings. The number of hydrogen-bond acceptors (Lipinski definition) is 3. The van der Waals surface area contributed by atoms with Crippen molar-refractivity contribution >= 4 is 40.5 Å². The zero-order valence-corrected chi connectivity index (χ0v) is 13.7. The van der Waals surface area contributed by atoms with E-state index in [1.165, 1.54) is 0 Å². The van der Waals surface area contributed by atoms with E-state index in [2.05, 4.69) is 10.6 Å². The van der Waals surface area contributed by atoms with Gasteiger partial charge in [-0.2, -0.15) is 0 Å². The van der Waals surface area contributed by atoms with Crippen LogP contribution in [-0.2, 0) is 4.79 Å². The van der Waals surface area contributed by atoms with Crippen LogP contribution in [-0.4, -0.2) is 19.1 Å². The largest absolute Gasteiger partial charge is 0.497 e. The monoisotopic (exact) mass is 338 g/mol. The molecule has 0 saturated heterocycles. The summed E-state index contributed by atoms with van der Waals surface area (Å²) in [5.41, 5.74) is 1.28. The molecule has 0 spiro atoms. The molecule has 0 aliphatic carbocycles. The standard InChI is InChI=1S/C16H16Cl2N2O2/c1-10(19-11-5-3-6-12(9-11)22-2)16(21)20-14-8-4-7-13(17)15(14)18/h3-10,19H,1-2H3,(H,20,21)/t10-/m0/s1. The number of carbonyl (C=O) groups is 1. The molecule has 0 aromatic heterocycles. The van der Waals surface area contributed by atoms with Gasteiger partial charge in [-0.1, -0.05) is 35.3 Å². The Morgan fingerprint density at radius 2 is 1.91 bits per heavy atom. The molecule has 0 saturated carbocycles. The summed E-state index contributed by atoms with van der Waals surface area (Å²) >= 11 is 12.0. The Labute approximate surface area is 139 Å². The fourth-order valence-electron chi connectivity index (χ4n) is 1.87. The molecule has 1 amide bonds. The van der Waals surface area contributed by atoms with Gasteiger partial charge in [0.1, 0.15) is 11.8 Å². The Bertz CT molecular complexity index is 677. The molecule has 1 atom stereocenters. The van der Waals surface area contributed by atoms with E-state index in [9.17, 15) is 4.79 Å². The lowest BCUT2D eigenvalue weighted by molar-refractivity contribution is -0.116. The van der Waals surface area contributed by atoms with Crippen LogP contribution in [0.3, 0.4) is 0 Å². The Balaban J connectivity index is 2.04. The third kappa shape index (κ3) is 4.06. The maximum absolute atomic E-state index is 12.2. The smallest absolute Gasteiger partial charge is 0.246 e. The van der Waals surface area contributed by atoms with Crippen LogP contribution >= 0.6 is 23.2 Å². The van der Waals surface area contributed by atoms with Gasteiger partial charge in [-0.05, 0) is 31.2 Å². The molecular formula is C16H16Cl2N2O2. The minimum atomic E-state index is -0.456. The Hall–Kier alpha value is -1.91. The van der Waals surface area contributed by atoms with Gasteiger partial charge in [0, 0.05) is 11.8 Å². The van der Waals surface area contributed by atoms with E-state index in [0.717, 1.165) is 11.4 Å². The molecule has 0 unspecified atom stereocenters. The highest BCUT2D eigenvalue weighted by Crippen LogP contribution is 2.29. The lowest BCUT2D eigenvalue weighted by Gasteiger charge is -2.16. The second-order valence-electron chi connectivity index (χ2n) is 4.69. The van der Waals surface area contributed by atoms with E-state index in [0.29, 0.717) is 15.7 Å². The highest BCUT2D eigenvalue weighted by molar-refractivity contribution is 6.44. The van der Waals surface area contributed by atoms with Gasteiger partial charge in [0.25, 0.3) is 0 Å². The summed E-state index contributed by atoms with van der Waals surface area (Å²) in [7, 11) is 1.59. The van der Waals surface area contributed by atoms with Crippen molar-refractivity contribution in [3.05, 3.63) is 52.5 Å². The number of amides is 1. The highest BCUT2D eigenvalue weighted by Gasteiger charge is 2.15. The van der Waals surface area contributed by atoms with Gasteiger partial charge in [-0.15, -0.1) is 0 Å². The molecule has 2 rings (SSSR count). The topological polar surface area (TPSA) is 50.4 Å². The van der Waals surface area contributed by atoms with E-state index in [1.54, 1.807) is 32.2 Å². The van der Waals surface area contributed by atoms with Crippen molar-refractivity contribution in [2.45, 2.75) is 13.0 Å². The number of hydrogen-bond donors (Lipinski definition) is 2. The van der Waals surface area contributed by atoms with E-state index in [-0.39, 0.29) is 5.91 Å². The van der Waals surface area contributed by atoms with Gasteiger partial charge in [0.05, 0.1) is 22.8 Å². The first-order chi connectivity index (χ1) is 10.5. The predicted molar refractivity (Wildman–Crippen MR) is 91.2 cm³/mol. The number of methoxy groups -OCH3 is 1. The first-order valence-electron chi connectivity index (χ1n) is 6.66. The molecule has 116 valence electrons. The van der Waals surface area contributed by atoms with Crippen molar-refractivity contribution in [2.24, 2.45) is 0 Å². The van der Waals surface area contributed by atoms with E-state index < -0.39 is 6.04 Å². The molecule has 2 aromatic rings. The molecule has 0 fully saturated rings. The number of benzene rings is 2. The van der Waals surface area contributed by atoms with E-state index in [4.69, 9.17) is 27.9 Å². The summed E-state index contributed by atoms with van der Waals surface area (Å²) in [6, 6.07) is 12.0. The van der Waals surface area contributed by atoms with Crippen LogP contribution in [0.2, 0.25) is 10.0 Å². The van der Waals surface area contributed by atoms with Crippen molar-refractivity contribution in [3.63, 3.8) is 0 Å². The van der Waals surface area contributed by atoms with Gasteiger partial charge < -0.3 is 15.4 Å². The minimum absolute atomic E-state index is 0.216. The van der Waals surface area contributed by atoms with Crippen molar-refractivity contribution < 1.29 is 9.53 Å². The van der Waals surface area contributed by atoms with Gasteiger partial charge in [-0.25, -0.2) is 0 Å². The number of carbonyl (C=O) groups excluding carboxylic acids is 1. The number of halogens is 2. The van der Waals surface area contributed by atoms with Crippen LogP contribution < -0.4 is 15.4 Å². The average molecular weight is 339 g/mol. The molecule has 0 bridgehead atoms. The quantitative estimate of drug-likeness (QED) is 0.847. The van der Waals surface area contributed by atoms with Crippen LogP contribution in [0, 0.1) is 0 Å². The SMILES string of the molecule is COc1cccc(N[C@@H](C)C(=O)Nc2cccc(Cl)c2Cl)c1. The Morgan fingerprint density at radius 3 is 2.64 bits per heavy atom. The lowest BCUT2D eigenvalue weighted by atomic mass is 10.2. The maximum Gasteiger partial charge on any atom is 0.246 e. The fraction of sp³-hybridized carbons (Fsp3) is 0.188. The van der Waals surface area contributed by atoms with E-state index in [1.807, 2.05) is 24.3 Å². The lowest BCUT2D eigenvalue weighted by Crippen LogP contribution is -2.31. The normalized spacial score (nSPS) is 11.6. The maximum atomic E-state index is 12.2. The highest BCUT2D eigenvalue weighted by atomic mass is 35.5. The first-order valence-corrected chi connectivity index (χ1v) is 7.42. The molecule has 0 heterocycles. The molecule has 2 aromatic carbocycles. The zero-order chi connectivity index (χ0) is 16.1. The molecule has 6 heteroatoms. The second-order valence-corrected chi connectivity index (χ2v) is 5.47. The number of rotatable bonds is 5. The van der Waals surface area contributed by atoms with Gasteiger partial charge >= 0.3 is 0 Å². The van der Waals surface area contributed by atoms with Gasteiger partial charge in [-0.3, -0.25) is 4.79 Å². The van der Waals surface area contributed by atoms with Crippen molar-refractivity contribution in [1.29, 1.82) is 0 Å². The summed E-state index contributed by atoms with van der Waals surface area (Å²) in [5, 5.41) is 6.57. The summed E-state index contributed by atoms with van der Waals surface area (Å²) in [5.74, 6) is 0.502. The number of anilines is 2. The molecule has 2 N–H and O–H groups in total. The molecule has 0 aliphatic heterocycles. The van der Waals surface area contributed by atoms with Gasteiger partial charge in [0.15, 0.2) is 0 Å². The molecule has 0 radical (unpaired) electrons.